The number of hydrogen-bond donors (Lipinski definition) is 0. The number of thiazole rings is 1. The van der Waals surface area contributed by atoms with Gasteiger partial charge in [0.2, 0.25) is 0 Å². The molecule has 2 heterocycles. The molecule has 1 aromatic heterocycles. The van der Waals surface area contributed by atoms with Crippen LogP contribution in [0.15, 0.2) is 22.5 Å². The van der Waals surface area contributed by atoms with Gasteiger partial charge in [0.25, 0.3) is 0 Å². The summed E-state index contributed by atoms with van der Waals surface area (Å²) in [4.78, 5) is 7.03. The zero-order valence-corrected chi connectivity index (χ0v) is 10.9. The molecular formula is C12H14N2S2. The quantitative estimate of drug-likeness (QED) is 0.757. The molecule has 1 fully saturated rings. The van der Waals surface area contributed by atoms with Gasteiger partial charge in [-0.05, 0) is 37.3 Å². The minimum absolute atomic E-state index is 1.14. The van der Waals surface area contributed by atoms with Crippen molar-refractivity contribution < 1.29 is 0 Å². The van der Waals surface area contributed by atoms with Crippen molar-refractivity contribution in [3.05, 3.63) is 18.2 Å². The molecule has 1 aliphatic heterocycles. The first-order valence-electron chi connectivity index (χ1n) is 5.56. The number of thioether (sulfide) groups is 1. The largest absolute Gasteiger partial charge is 0.371 e. The highest BCUT2D eigenvalue weighted by Gasteiger charge is 2.13. The molecule has 0 saturated carbocycles. The van der Waals surface area contributed by atoms with Crippen LogP contribution in [0.2, 0.25) is 0 Å². The third-order valence-corrected chi connectivity index (χ3v) is 5.00. The summed E-state index contributed by atoms with van der Waals surface area (Å²) in [6.45, 7) is 2.42. The second-order valence-electron chi connectivity index (χ2n) is 4.03. The van der Waals surface area contributed by atoms with E-state index in [1.807, 2.05) is 0 Å². The third-order valence-electron chi connectivity index (χ3n) is 3.00. The number of aromatic nitrogens is 1. The van der Waals surface area contributed by atoms with Gasteiger partial charge in [-0.15, -0.1) is 11.3 Å². The van der Waals surface area contributed by atoms with Crippen LogP contribution < -0.4 is 4.90 Å². The average Bonchev–Trinajstić information content (AvgIpc) is 2.96. The number of rotatable bonds is 2. The van der Waals surface area contributed by atoms with Crippen molar-refractivity contribution in [2.45, 2.75) is 17.2 Å². The number of hydrogen-bond acceptors (Lipinski definition) is 4. The van der Waals surface area contributed by atoms with Crippen molar-refractivity contribution in [2.24, 2.45) is 0 Å². The topological polar surface area (TPSA) is 16.1 Å². The van der Waals surface area contributed by atoms with Crippen LogP contribution in [0, 0.1) is 0 Å². The minimum Gasteiger partial charge on any atom is -0.371 e. The minimum atomic E-state index is 1.14. The third kappa shape index (κ3) is 1.80. The molecule has 0 unspecified atom stereocenters. The van der Waals surface area contributed by atoms with Crippen LogP contribution >= 0.6 is 23.1 Å². The Morgan fingerprint density at radius 2 is 2.12 bits per heavy atom. The van der Waals surface area contributed by atoms with Crippen molar-refractivity contribution in [3.8, 4) is 0 Å². The van der Waals surface area contributed by atoms with Gasteiger partial charge >= 0.3 is 0 Å². The molecule has 0 radical (unpaired) electrons. The summed E-state index contributed by atoms with van der Waals surface area (Å²) in [5.74, 6) is 0. The molecular weight excluding hydrogens is 236 g/mol. The number of fused-ring (bicyclic) bond motifs is 1. The van der Waals surface area contributed by atoms with Gasteiger partial charge in [-0.25, -0.2) is 4.98 Å². The number of anilines is 1. The lowest BCUT2D eigenvalue weighted by atomic mass is 10.3. The molecule has 3 rings (SSSR count). The molecule has 1 aromatic carbocycles. The zero-order chi connectivity index (χ0) is 11.0. The fourth-order valence-corrected chi connectivity index (χ4v) is 3.67. The van der Waals surface area contributed by atoms with Gasteiger partial charge in [0.15, 0.2) is 4.34 Å². The van der Waals surface area contributed by atoms with E-state index < -0.39 is 0 Å². The van der Waals surface area contributed by atoms with Crippen molar-refractivity contribution in [2.75, 3.05) is 24.2 Å². The molecule has 84 valence electrons. The van der Waals surface area contributed by atoms with E-state index in [9.17, 15) is 0 Å². The zero-order valence-electron chi connectivity index (χ0n) is 9.27. The Morgan fingerprint density at radius 3 is 2.88 bits per heavy atom. The molecule has 0 N–H and O–H groups in total. The molecule has 1 aliphatic rings. The first-order valence-corrected chi connectivity index (χ1v) is 7.60. The smallest absolute Gasteiger partial charge is 0.150 e. The highest BCUT2D eigenvalue weighted by atomic mass is 32.2. The normalized spacial score (nSPS) is 16.2. The predicted octanol–water partition coefficient (Wildman–Crippen LogP) is 3.62. The van der Waals surface area contributed by atoms with E-state index in [1.165, 1.54) is 36.3 Å². The fourth-order valence-electron chi connectivity index (χ4n) is 2.15. The SMILES string of the molecule is CSc1nc2ccc(N3CCCC3)cc2s1. The lowest BCUT2D eigenvalue weighted by Crippen LogP contribution is -2.17. The molecule has 0 amide bonds. The lowest BCUT2D eigenvalue weighted by molar-refractivity contribution is 0.949. The Labute approximate surface area is 104 Å². The van der Waals surface area contributed by atoms with Crippen LogP contribution in [-0.4, -0.2) is 24.3 Å². The van der Waals surface area contributed by atoms with Crippen molar-refractivity contribution in [1.82, 2.24) is 4.98 Å². The van der Waals surface area contributed by atoms with Crippen molar-refractivity contribution in [3.63, 3.8) is 0 Å². The van der Waals surface area contributed by atoms with E-state index in [0.717, 1.165) is 9.86 Å². The maximum Gasteiger partial charge on any atom is 0.150 e. The second kappa shape index (κ2) is 4.26. The number of benzene rings is 1. The summed E-state index contributed by atoms with van der Waals surface area (Å²) in [7, 11) is 0. The average molecular weight is 250 g/mol. The summed E-state index contributed by atoms with van der Waals surface area (Å²) >= 11 is 3.52. The Hall–Kier alpha value is -0.740. The molecule has 2 nitrogen and oxygen atoms in total. The van der Waals surface area contributed by atoms with Crippen LogP contribution in [0.3, 0.4) is 0 Å². The van der Waals surface area contributed by atoms with E-state index in [0.29, 0.717) is 0 Å². The molecule has 2 aromatic rings. The van der Waals surface area contributed by atoms with E-state index in [-0.39, 0.29) is 0 Å². The van der Waals surface area contributed by atoms with Crippen molar-refractivity contribution >= 4 is 39.0 Å². The van der Waals surface area contributed by atoms with Crippen molar-refractivity contribution in [1.29, 1.82) is 0 Å². The molecule has 0 spiro atoms. The molecule has 4 heteroatoms. The van der Waals surface area contributed by atoms with Gasteiger partial charge in [0.05, 0.1) is 10.2 Å². The van der Waals surface area contributed by atoms with Crippen LogP contribution in [-0.2, 0) is 0 Å². The van der Waals surface area contributed by atoms with E-state index in [4.69, 9.17) is 0 Å². The molecule has 0 aliphatic carbocycles. The van der Waals surface area contributed by atoms with Crippen LogP contribution in [0.4, 0.5) is 5.69 Å². The molecule has 1 saturated heterocycles. The molecule has 0 atom stereocenters. The number of nitrogens with zero attached hydrogens (tertiary/aromatic N) is 2. The van der Waals surface area contributed by atoms with Gasteiger partial charge in [0.1, 0.15) is 0 Å². The summed E-state index contributed by atoms with van der Waals surface area (Å²) < 4.78 is 2.47. The van der Waals surface area contributed by atoms with Crippen LogP contribution in [0.5, 0.6) is 0 Å². The van der Waals surface area contributed by atoms with E-state index in [1.54, 1.807) is 23.1 Å². The van der Waals surface area contributed by atoms with Gasteiger partial charge < -0.3 is 4.90 Å². The fraction of sp³-hybridized carbons (Fsp3) is 0.417. The van der Waals surface area contributed by atoms with Crippen LogP contribution in [0.1, 0.15) is 12.8 Å². The maximum absolute atomic E-state index is 4.56. The van der Waals surface area contributed by atoms with Gasteiger partial charge in [-0.1, -0.05) is 11.8 Å². The van der Waals surface area contributed by atoms with E-state index in [2.05, 4.69) is 34.3 Å². The summed E-state index contributed by atoms with van der Waals surface area (Å²) in [5, 5.41) is 0. The summed E-state index contributed by atoms with van der Waals surface area (Å²) in [6, 6.07) is 6.65. The first-order chi connectivity index (χ1) is 7.86. The maximum atomic E-state index is 4.56. The highest BCUT2D eigenvalue weighted by Crippen LogP contribution is 2.31. The Bertz CT molecular complexity index is 501. The Kier molecular flexibility index (Phi) is 2.77. The first kappa shape index (κ1) is 10.4. The summed E-state index contributed by atoms with van der Waals surface area (Å²) in [6.07, 6.45) is 4.74. The lowest BCUT2D eigenvalue weighted by Gasteiger charge is -2.16. The Morgan fingerprint density at radius 1 is 1.31 bits per heavy atom. The Balaban J connectivity index is 2.00. The van der Waals surface area contributed by atoms with E-state index >= 15 is 0 Å². The molecule has 0 bridgehead atoms. The van der Waals surface area contributed by atoms with Gasteiger partial charge in [-0.2, -0.15) is 0 Å². The second-order valence-corrected chi connectivity index (χ2v) is 6.11. The predicted molar refractivity (Wildman–Crippen MR) is 72.8 cm³/mol. The molecule has 16 heavy (non-hydrogen) atoms. The standard InChI is InChI=1S/C12H14N2S2/c1-15-12-13-10-5-4-9(8-11(10)16-12)14-6-2-3-7-14/h4-5,8H,2-3,6-7H2,1H3. The van der Waals surface area contributed by atoms with Crippen LogP contribution in [0.25, 0.3) is 10.2 Å². The van der Waals surface area contributed by atoms with Gasteiger partial charge in [0, 0.05) is 18.8 Å². The highest BCUT2D eigenvalue weighted by molar-refractivity contribution is 8.00. The monoisotopic (exact) mass is 250 g/mol. The summed E-state index contributed by atoms with van der Waals surface area (Å²) in [5.41, 5.74) is 2.50. The van der Waals surface area contributed by atoms with Gasteiger partial charge in [-0.3, -0.25) is 0 Å².